The van der Waals surface area contributed by atoms with Crippen molar-refractivity contribution < 1.29 is 28.9 Å². The normalized spacial score (nSPS) is 10.7. The number of benzene rings is 1. The molecule has 0 saturated heterocycles. The molecule has 0 radical (unpaired) electrons. The SMILES string of the molecule is CCCCCOc1c(O)c2ccc(OCC(=O)O)cc2oc1=O. The molecule has 0 unspecified atom stereocenters. The lowest BCUT2D eigenvalue weighted by atomic mass is 10.2. The molecule has 23 heavy (non-hydrogen) atoms. The molecule has 0 aliphatic carbocycles. The van der Waals surface area contributed by atoms with Crippen LogP contribution in [0.5, 0.6) is 17.2 Å². The first-order valence-electron chi connectivity index (χ1n) is 7.30. The molecular weight excluding hydrogens is 304 g/mol. The number of carboxylic acids is 1. The average molecular weight is 322 g/mol. The smallest absolute Gasteiger partial charge is 0.383 e. The molecule has 1 aromatic carbocycles. The average Bonchev–Trinajstić information content (AvgIpc) is 2.51. The van der Waals surface area contributed by atoms with E-state index >= 15 is 0 Å². The first-order valence-corrected chi connectivity index (χ1v) is 7.30. The Morgan fingerprint density at radius 1 is 1.26 bits per heavy atom. The number of carboxylic acid groups (broad SMARTS) is 1. The van der Waals surface area contributed by atoms with Crippen LogP contribution in [0.3, 0.4) is 0 Å². The molecule has 1 heterocycles. The Bertz CT molecular complexity index is 748. The van der Waals surface area contributed by atoms with Crippen LogP contribution in [-0.2, 0) is 4.79 Å². The predicted octanol–water partition coefficient (Wildman–Crippen LogP) is 2.53. The number of fused-ring (bicyclic) bond motifs is 1. The molecule has 7 heteroatoms. The van der Waals surface area contributed by atoms with Gasteiger partial charge in [0.05, 0.1) is 12.0 Å². The monoisotopic (exact) mass is 322 g/mol. The number of hydrogen-bond donors (Lipinski definition) is 2. The Kier molecular flexibility index (Phi) is 5.46. The third-order valence-electron chi connectivity index (χ3n) is 3.17. The van der Waals surface area contributed by atoms with Gasteiger partial charge in [0.2, 0.25) is 5.75 Å². The minimum atomic E-state index is -1.12. The Morgan fingerprint density at radius 2 is 2.04 bits per heavy atom. The van der Waals surface area contributed by atoms with E-state index in [-0.39, 0.29) is 28.2 Å². The molecule has 0 spiro atoms. The molecular formula is C16H18O7. The van der Waals surface area contributed by atoms with Crippen molar-refractivity contribution in [3.63, 3.8) is 0 Å². The zero-order valence-corrected chi connectivity index (χ0v) is 12.7. The molecule has 0 atom stereocenters. The maximum Gasteiger partial charge on any atom is 0.383 e. The van der Waals surface area contributed by atoms with Crippen LogP contribution in [0.4, 0.5) is 0 Å². The van der Waals surface area contributed by atoms with E-state index in [1.54, 1.807) is 0 Å². The topological polar surface area (TPSA) is 106 Å². The quantitative estimate of drug-likeness (QED) is 0.568. The highest BCUT2D eigenvalue weighted by molar-refractivity contribution is 5.86. The van der Waals surface area contributed by atoms with Gasteiger partial charge >= 0.3 is 11.6 Å². The Labute approximate surface area is 132 Å². The summed E-state index contributed by atoms with van der Waals surface area (Å²) < 4.78 is 15.4. The summed E-state index contributed by atoms with van der Waals surface area (Å²) in [5, 5.41) is 19.0. The van der Waals surface area contributed by atoms with E-state index in [1.165, 1.54) is 18.2 Å². The van der Waals surface area contributed by atoms with Crippen molar-refractivity contribution in [2.45, 2.75) is 26.2 Å². The Morgan fingerprint density at radius 3 is 2.74 bits per heavy atom. The Balaban J connectivity index is 2.26. The van der Waals surface area contributed by atoms with Crippen LogP contribution in [0.1, 0.15) is 26.2 Å². The fourth-order valence-corrected chi connectivity index (χ4v) is 2.04. The lowest BCUT2D eigenvalue weighted by molar-refractivity contribution is -0.139. The first-order chi connectivity index (χ1) is 11.0. The summed E-state index contributed by atoms with van der Waals surface area (Å²) in [4.78, 5) is 22.4. The lowest BCUT2D eigenvalue weighted by Gasteiger charge is -2.09. The van der Waals surface area contributed by atoms with E-state index in [0.717, 1.165) is 19.3 Å². The summed E-state index contributed by atoms with van der Waals surface area (Å²) in [5.74, 6) is -1.41. The number of aliphatic carboxylic acids is 1. The third kappa shape index (κ3) is 4.15. The Hall–Kier alpha value is -2.70. The van der Waals surface area contributed by atoms with Crippen LogP contribution in [0.25, 0.3) is 11.0 Å². The summed E-state index contributed by atoms with van der Waals surface area (Å²) in [6.45, 7) is 1.85. The highest BCUT2D eigenvalue weighted by atomic mass is 16.5. The van der Waals surface area contributed by atoms with Crippen molar-refractivity contribution in [3.8, 4) is 17.2 Å². The van der Waals surface area contributed by atoms with Crippen molar-refractivity contribution in [1.29, 1.82) is 0 Å². The van der Waals surface area contributed by atoms with Crippen LogP contribution >= 0.6 is 0 Å². The van der Waals surface area contributed by atoms with Crippen LogP contribution in [0, 0.1) is 0 Å². The van der Waals surface area contributed by atoms with Gasteiger partial charge in [0.15, 0.2) is 12.4 Å². The highest BCUT2D eigenvalue weighted by Crippen LogP contribution is 2.33. The summed E-state index contributed by atoms with van der Waals surface area (Å²) in [5.41, 5.74) is -0.696. The van der Waals surface area contributed by atoms with Gasteiger partial charge in [-0.3, -0.25) is 0 Å². The van der Waals surface area contributed by atoms with E-state index in [9.17, 15) is 14.7 Å². The van der Waals surface area contributed by atoms with E-state index in [1.807, 2.05) is 6.92 Å². The van der Waals surface area contributed by atoms with E-state index in [2.05, 4.69) is 0 Å². The fourth-order valence-electron chi connectivity index (χ4n) is 2.04. The van der Waals surface area contributed by atoms with Gasteiger partial charge in [0.1, 0.15) is 11.3 Å². The van der Waals surface area contributed by atoms with Crippen molar-refractivity contribution in [3.05, 3.63) is 28.6 Å². The molecule has 7 nitrogen and oxygen atoms in total. The minimum absolute atomic E-state index is 0.0938. The van der Waals surface area contributed by atoms with Gasteiger partial charge in [-0.05, 0) is 18.6 Å². The maximum atomic E-state index is 11.9. The summed E-state index contributed by atoms with van der Waals surface area (Å²) in [6, 6.07) is 4.30. The summed E-state index contributed by atoms with van der Waals surface area (Å²) >= 11 is 0. The zero-order chi connectivity index (χ0) is 16.8. The lowest BCUT2D eigenvalue weighted by Crippen LogP contribution is -2.10. The van der Waals surface area contributed by atoms with Gasteiger partial charge < -0.3 is 24.1 Å². The van der Waals surface area contributed by atoms with E-state index in [4.69, 9.17) is 19.0 Å². The second-order valence-electron chi connectivity index (χ2n) is 4.96. The molecule has 0 aliphatic rings. The minimum Gasteiger partial charge on any atom is -0.504 e. The van der Waals surface area contributed by atoms with E-state index < -0.39 is 18.2 Å². The molecule has 2 N–H and O–H groups in total. The highest BCUT2D eigenvalue weighted by Gasteiger charge is 2.16. The van der Waals surface area contributed by atoms with Crippen LogP contribution in [0.2, 0.25) is 0 Å². The molecule has 0 saturated carbocycles. The number of rotatable bonds is 8. The molecule has 2 rings (SSSR count). The van der Waals surface area contributed by atoms with Crippen molar-refractivity contribution in [2.24, 2.45) is 0 Å². The molecule has 0 amide bonds. The second-order valence-corrected chi connectivity index (χ2v) is 4.96. The molecule has 0 bridgehead atoms. The molecule has 0 fully saturated rings. The summed E-state index contributed by atoms with van der Waals surface area (Å²) in [6.07, 6.45) is 2.75. The second kappa shape index (κ2) is 7.53. The first kappa shape index (κ1) is 16.7. The number of ether oxygens (including phenoxy) is 2. The number of aromatic hydroxyl groups is 1. The van der Waals surface area contributed by atoms with Gasteiger partial charge in [-0.25, -0.2) is 9.59 Å². The maximum absolute atomic E-state index is 11.9. The van der Waals surface area contributed by atoms with Crippen LogP contribution < -0.4 is 15.1 Å². The fraction of sp³-hybridized carbons (Fsp3) is 0.375. The molecule has 2 aromatic rings. The van der Waals surface area contributed by atoms with Crippen molar-refractivity contribution >= 4 is 16.9 Å². The third-order valence-corrected chi connectivity index (χ3v) is 3.17. The van der Waals surface area contributed by atoms with Crippen molar-refractivity contribution in [2.75, 3.05) is 13.2 Å². The molecule has 1 aromatic heterocycles. The van der Waals surface area contributed by atoms with Gasteiger partial charge in [-0.15, -0.1) is 0 Å². The summed E-state index contributed by atoms with van der Waals surface area (Å²) in [7, 11) is 0. The zero-order valence-electron chi connectivity index (χ0n) is 12.7. The van der Waals surface area contributed by atoms with Gasteiger partial charge in [-0.1, -0.05) is 19.8 Å². The number of hydrogen-bond acceptors (Lipinski definition) is 6. The van der Waals surface area contributed by atoms with Crippen LogP contribution in [-0.4, -0.2) is 29.4 Å². The molecule has 0 aliphatic heterocycles. The largest absolute Gasteiger partial charge is 0.504 e. The predicted molar refractivity (Wildman–Crippen MR) is 82.3 cm³/mol. The standard InChI is InChI=1S/C16H18O7/c1-2-3-4-7-21-15-14(19)11-6-5-10(22-9-13(17)18)8-12(11)23-16(15)20/h5-6,8,19H,2-4,7,9H2,1H3,(H,17,18). The van der Waals surface area contributed by atoms with Gasteiger partial charge in [0.25, 0.3) is 0 Å². The van der Waals surface area contributed by atoms with Crippen LogP contribution in [0.15, 0.2) is 27.4 Å². The van der Waals surface area contributed by atoms with Gasteiger partial charge in [-0.2, -0.15) is 0 Å². The van der Waals surface area contributed by atoms with Gasteiger partial charge in [0, 0.05) is 6.07 Å². The molecule has 124 valence electrons. The van der Waals surface area contributed by atoms with E-state index in [0.29, 0.717) is 6.61 Å². The number of carbonyl (C=O) groups is 1. The number of unbranched alkanes of at least 4 members (excludes halogenated alkanes) is 2. The van der Waals surface area contributed by atoms with Crippen molar-refractivity contribution in [1.82, 2.24) is 0 Å².